The second-order valence-corrected chi connectivity index (χ2v) is 3.28. The van der Waals surface area contributed by atoms with Crippen molar-refractivity contribution in [3.8, 4) is 0 Å². The molecule has 0 aliphatic carbocycles. The van der Waals surface area contributed by atoms with Crippen LogP contribution in [0.1, 0.15) is 20.8 Å². The minimum absolute atomic E-state index is 0.0741. The molecule has 2 nitrogen and oxygen atoms in total. The summed E-state index contributed by atoms with van der Waals surface area (Å²) < 4.78 is 5.48. The fraction of sp³-hybridized carbons (Fsp3) is 1.00. The zero-order chi connectivity index (χ0) is 7.72. The third-order valence-electron chi connectivity index (χ3n) is 2.73. The van der Waals surface area contributed by atoms with Gasteiger partial charge in [-0.15, -0.1) is 0 Å². The molecule has 0 radical (unpaired) electrons. The first kappa shape index (κ1) is 8.02. The monoisotopic (exact) mass is 144 g/mol. The minimum atomic E-state index is 0.0741. The van der Waals surface area contributed by atoms with Gasteiger partial charge in [0.15, 0.2) is 0 Å². The van der Waals surface area contributed by atoms with Gasteiger partial charge in [0.2, 0.25) is 0 Å². The molecule has 1 aliphatic rings. The molecule has 0 amide bonds. The van der Waals surface area contributed by atoms with Crippen molar-refractivity contribution in [3.05, 3.63) is 0 Å². The van der Waals surface area contributed by atoms with Gasteiger partial charge in [0, 0.05) is 0 Å². The van der Waals surface area contributed by atoms with Crippen LogP contribution in [0.2, 0.25) is 0 Å². The third kappa shape index (κ3) is 1.18. The summed E-state index contributed by atoms with van der Waals surface area (Å²) in [4.78, 5) is 0. The Bertz CT molecular complexity index is 114. The topological polar surface area (TPSA) is 29.5 Å². The van der Waals surface area contributed by atoms with Gasteiger partial charge in [0.1, 0.15) is 0 Å². The predicted octanol–water partition coefficient (Wildman–Crippen LogP) is 1.04. The standard InChI is InChI=1S/C8H16O2/c1-5-6(2)8(4-9)10-7(5)3/h5-9H,4H2,1-3H3/t5-,6?,7-,8+/m1/s1. The molecule has 4 atom stereocenters. The number of hydrogen-bond acceptors (Lipinski definition) is 2. The van der Waals surface area contributed by atoms with Gasteiger partial charge in [-0.25, -0.2) is 0 Å². The third-order valence-corrected chi connectivity index (χ3v) is 2.73. The molecule has 1 N–H and O–H groups in total. The molecule has 1 unspecified atom stereocenters. The van der Waals surface area contributed by atoms with E-state index in [4.69, 9.17) is 9.84 Å². The van der Waals surface area contributed by atoms with Crippen LogP contribution in [0.25, 0.3) is 0 Å². The van der Waals surface area contributed by atoms with E-state index in [1.165, 1.54) is 0 Å². The molecule has 1 rings (SSSR count). The van der Waals surface area contributed by atoms with Crippen molar-refractivity contribution in [2.45, 2.75) is 33.0 Å². The molecule has 1 heterocycles. The van der Waals surface area contributed by atoms with Crippen LogP contribution in [-0.4, -0.2) is 23.9 Å². The van der Waals surface area contributed by atoms with E-state index >= 15 is 0 Å². The van der Waals surface area contributed by atoms with Gasteiger partial charge in [-0.3, -0.25) is 0 Å². The van der Waals surface area contributed by atoms with E-state index in [-0.39, 0.29) is 12.7 Å². The van der Waals surface area contributed by atoms with E-state index in [1.807, 2.05) is 0 Å². The van der Waals surface area contributed by atoms with E-state index in [2.05, 4.69) is 20.8 Å². The Morgan fingerprint density at radius 3 is 2.00 bits per heavy atom. The van der Waals surface area contributed by atoms with E-state index in [9.17, 15) is 0 Å². The van der Waals surface area contributed by atoms with Crippen LogP contribution in [0.4, 0.5) is 0 Å². The fourth-order valence-electron chi connectivity index (χ4n) is 1.50. The number of hydrogen-bond donors (Lipinski definition) is 1. The Morgan fingerprint density at radius 1 is 1.20 bits per heavy atom. The summed E-state index contributed by atoms with van der Waals surface area (Å²) in [6, 6.07) is 0. The highest BCUT2D eigenvalue weighted by atomic mass is 16.5. The van der Waals surface area contributed by atoms with E-state index in [0.29, 0.717) is 17.9 Å². The lowest BCUT2D eigenvalue weighted by Crippen LogP contribution is -2.19. The van der Waals surface area contributed by atoms with Crippen molar-refractivity contribution in [1.29, 1.82) is 0 Å². The zero-order valence-electron chi connectivity index (χ0n) is 6.87. The number of ether oxygens (including phenoxy) is 1. The van der Waals surface area contributed by atoms with Gasteiger partial charge in [-0.05, 0) is 18.8 Å². The van der Waals surface area contributed by atoms with Gasteiger partial charge >= 0.3 is 0 Å². The van der Waals surface area contributed by atoms with E-state index in [0.717, 1.165) is 0 Å². The molecule has 2 heteroatoms. The Hall–Kier alpha value is -0.0800. The quantitative estimate of drug-likeness (QED) is 0.595. The lowest BCUT2D eigenvalue weighted by Gasteiger charge is -2.12. The molecule has 0 bridgehead atoms. The summed E-state index contributed by atoms with van der Waals surface area (Å²) in [5, 5.41) is 8.85. The number of rotatable bonds is 1. The smallest absolute Gasteiger partial charge is 0.0838 e. The minimum Gasteiger partial charge on any atom is -0.394 e. The fourth-order valence-corrected chi connectivity index (χ4v) is 1.50. The Balaban J connectivity index is 2.53. The van der Waals surface area contributed by atoms with Crippen molar-refractivity contribution in [3.63, 3.8) is 0 Å². The highest BCUT2D eigenvalue weighted by Gasteiger charge is 2.35. The first-order valence-electron chi connectivity index (χ1n) is 3.93. The first-order valence-corrected chi connectivity index (χ1v) is 3.93. The summed E-state index contributed by atoms with van der Waals surface area (Å²) in [5.41, 5.74) is 0. The van der Waals surface area contributed by atoms with Crippen LogP contribution in [0, 0.1) is 11.8 Å². The van der Waals surface area contributed by atoms with E-state index in [1.54, 1.807) is 0 Å². The maximum absolute atomic E-state index is 8.85. The highest BCUT2D eigenvalue weighted by molar-refractivity contribution is 4.82. The Labute approximate surface area is 62.2 Å². The average molecular weight is 144 g/mol. The molecular formula is C8H16O2. The van der Waals surface area contributed by atoms with Crippen LogP contribution in [0.5, 0.6) is 0 Å². The molecule has 0 aromatic carbocycles. The summed E-state index contributed by atoms with van der Waals surface area (Å²) in [5.74, 6) is 1.08. The zero-order valence-corrected chi connectivity index (χ0v) is 6.87. The van der Waals surface area contributed by atoms with Crippen molar-refractivity contribution < 1.29 is 9.84 Å². The molecule has 0 aromatic rings. The number of aliphatic hydroxyl groups is 1. The predicted molar refractivity (Wildman–Crippen MR) is 39.7 cm³/mol. The molecule has 1 saturated heterocycles. The second-order valence-electron chi connectivity index (χ2n) is 3.28. The molecule has 0 saturated carbocycles. The number of aliphatic hydroxyl groups excluding tert-OH is 1. The highest BCUT2D eigenvalue weighted by Crippen LogP contribution is 2.31. The molecule has 60 valence electrons. The maximum atomic E-state index is 8.85. The first-order chi connectivity index (χ1) is 4.66. The molecular weight excluding hydrogens is 128 g/mol. The molecule has 1 aliphatic heterocycles. The largest absolute Gasteiger partial charge is 0.394 e. The SMILES string of the molecule is CC1[C@H](CO)O[C@H](C)[C@@H]1C. The summed E-state index contributed by atoms with van der Waals surface area (Å²) in [7, 11) is 0. The lowest BCUT2D eigenvalue weighted by atomic mass is 9.91. The van der Waals surface area contributed by atoms with Gasteiger partial charge in [0.25, 0.3) is 0 Å². The van der Waals surface area contributed by atoms with Crippen molar-refractivity contribution in [2.24, 2.45) is 11.8 Å². The molecule has 0 spiro atoms. The summed E-state index contributed by atoms with van der Waals surface area (Å²) >= 11 is 0. The van der Waals surface area contributed by atoms with Crippen molar-refractivity contribution in [1.82, 2.24) is 0 Å². The lowest BCUT2D eigenvalue weighted by molar-refractivity contribution is 0.00657. The molecule has 1 fully saturated rings. The Kier molecular flexibility index (Phi) is 2.32. The molecule has 0 aromatic heterocycles. The second kappa shape index (κ2) is 2.89. The maximum Gasteiger partial charge on any atom is 0.0838 e. The average Bonchev–Trinajstić information content (AvgIpc) is 2.17. The van der Waals surface area contributed by atoms with Gasteiger partial charge in [-0.1, -0.05) is 13.8 Å². The van der Waals surface area contributed by atoms with Crippen LogP contribution < -0.4 is 0 Å². The van der Waals surface area contributed by atoms with Crippen molar-refractivity contribution >= 4 is 0 Å². The van der Waals surface area contributed by atoms with E-state index < -0.39 is 0 Å². The summed E-state index contributed by atoms with van der Waals surface area (Å²) in [6.45, 7) is 6.53. The Morgan fingerprint density at radius 2 is 1.80 bits per heavy atom. The van der Waals surface area contributed by atoms with Crippen LogP contribution in [0.3, 0.4) is 0 Å². The van der Waals surface area contributed by atoms with Crippen LogP contribution in [0.15, 0.2) is 0 Å². The van der Waals surface area contributed by atoms with Gasteiger partial charge in [0.05, 0.1) is 18.8 Å². The normalized spacial score (nSPS) is 48.0. The van der Waals surface area contributed by atoms with Gasteiger partial charge < -0.3 is 9.84 Å². The van der Waals surface area contributed by atoms with Crippen molar-refractivity contribution in [2.75, 3.05) is 6.61 Å². The van der Waals surface area contributed by atoms with Gasteiger partial charge in [-0.2, -0.15) is 0 Å². The summed E-state index contributed by atoms with van der Waals surface area (Å²) in [6.07, 6.45) is 0.386. The van der Waals surface area contributed by atoms with Crippen LogP contribution in [-0.2, 0) is 4.74 Å². The molecule has 10 heavy (non-hydrogen) atoms. The van der Waals surface area contributed by atoms with Crippen LogP contribution >= 0.6 is 0 Å².